The molecular formula is C40H39IrN2O2S-. The zero-order valence-corrected chi connectivity index (χ0v) is 29.9. The molecule has 7 rings (SSSR count). The quantitative estimate of drug-likeness (QED) is 0.0946. The van der Waals surface area contributed by atoms with Crippen molar-refractivity contribution < 1.29 is 30.0 Å². The van der Waals surface area contributed by atoms with Gasteiger partial charge in [0.15, 0.2) is 5.78 Å². The molecule has 4 aromatic carbocycles. The maximum Gasteiger partial charge on any atom is 0.162 e. The number of benzene rings is 4. The number of pyridine rings is 1. The van der Waals surface area contributed by atoms with Crippen LogP contribution in [0.4, 0.5) is 0 Å². The number of para-hydroxylation sites is 1. The zero-order chi connectivity index (χ0) is 31.5. The molecule has 3 aromatic heterocycles. The Morgan fingerprint density at radius 2 is 1.52 bits per heavy atom. The number of allylic oxidation sites excluding steroid dienone is 2. The van der Waals surface area contributed by atoms with E-state index in [1.807, 2.05) is 45.2 Å². The molecule has 0 aliphatic heterocycles. The fraction of sp³-hybridized carbons (Fsp3) is 0.250. The number of rotatable bonds is 8. The number of ketones is 1. The van der Waals surface area contributed by atoms with Crippen LogP contribution in [0.25, 0.3) is 58.6 Å². The van der Waals surface area contributed by atoms with Crippen molar-refractivity contribution in [3.05, 3.63) is 109 Å². The Morgan fingerprint density at radius 1 is 0.848 bits per heavy atom. The minimum atomic E-state index is 0. The van der Waals surface area contributed by atoms with Crippen LogP contribution in [0.3, 0.4) is 0 Å². The van der Waals surface area contributed by atoms with Crippen molar-refractivity contribution in [3.8, 4) is 5.69 Å². The number of nitrogens with zero attached hydrogens (tertiary/aromatic N) is 2. The third kappa shape index (κ3) is 6.14. The average molecular weight is 804 g/mol. The van der Waals surface area contributed by atoms with Crippen molar-refractivity contribution in [1.82, 2.24) is 9.55 Å². The summed E-state index contributed by atoms with van der Waals surface area (Å²) in [6, 6.07) is 33.5. The van der Waals surface area contributed by atoms with Crippen LogP contribution in [-0.4, -0.2) is 20.4 Å². The first kappa shape index (κ1) is 33.5. The van der Waals surface area contributed by atoms with Crippen molar-refractivity contribution in [2.45, 2.75) is 53.4 Å². The Labute approximate surface area is 288 Å². The molecule has 0 fully saturated rings. The molecule has 0 saturated carbocycles. The Hall–Kier alpha value is -3.83. The summed E-state index contributed by atoms with van der Waals surface area (Å²) in [6.45, 7) is 8.07. The van der Waals surface area contributed by atoms with Crippen LogP contribution in [0.1, 0.15) is 53.4 Å². The van der Waals surface area contributed by atoms with E-state index in [1.165, 1.54) is 53.7 Å². The predicted molar refractivity (Wildman–Crippen MR) is 192 cm³/mol. The van der Waals surface area contributed by atoms with Gasteiger partial charge in [0.25, 0.3) is 0 Å². The van der Waals surface area contributed by atoms with Crippen LogP contribution in [0, 0.1) is 17.9 Å². The third-order valence-corrected chi connectivity index (χ3v) is 10.2. The van der Waals surface area contributed by atoms with Gasteiger partial charge in [0.1, 0.15) is 0 Å². The summed E-state index contributed by atoms with van der Waals surface area (Å²) < 4.78 is 4.86. The zero-order valence-electron chi connectivity index (χ0n) is 26.7. The van der Waals surface area contributed by atoms with E-state index in [-0.39, 0.29) is 43.5 Å². The summed E-state index contributed by atoms with van der Waals surface area (Å²) in [7, 11) is 0. The standard InChI is InChI=1S/C27H15N2S.C13H24O2.Ir/c1-2-8-18(9-3-1)29-21-11-6-12-23-24(21)25-22(29)15-16-28-26(25)20-14-13-17-7-4-5-10-19(17)27(20)30-23;1-5-10(6-2)12(14)9-13(15)11(7-3)8-4;/h1-13,15-16H;9-11,14H,5-8H2,1-4H3;/q-1;;/b;12-9-;. The molecule has 0 bridgehead atoms. The molecular weight excluding hydrogens is 765 g/mol. The number of fused-ring (bicyclic) bond motifs is 4. The van der Waals surface area contributed by atoms with Gasteiger partial charge in [0, 0.05) is 65.5 Å². The molecule has 0 spiro atoms. The molecule has 0 atom stereocenters. The summed E-state index contributed by atoms with van der Waals surface area (Å²) >= 11 is 1.84. The minimum absolute atomic E-state index is 0. The Balaban J connectivity index is 0.000000225. The smallest absolute Gasteiger partial charge is 0.162 e. The first-order chi connectivity index (χ1) is 22.0. The van der Waals surface area contributed by atoms with Gasteiger partial charge in [-0.05, 0) is 71.6 Å². The maximum atomic E-state index is 11.7. The fourth-order valence-corrected chi connectivity index (χ4v) is 7.68. The number of aromatic nitrogens is 2. The first-order valence-electron chi connectivity index (χ1n) is 16.0. The van der Waals surface area contributed by atoms with Gasteiger partial charge in [-0.25, -0.2) is 0 Å². The molecule has 6 heteroatoms. The van der Waals surface area contributed by atoms with E-state index in [4.69, 9.17) is 4.98 Å². The second kappa shape index (κ2) is 14.7. The topological polar surface area (TPSA) is 55.1 Å². The molecule has 1 radical (unpaired) electrons. The van der Waals surface area contributed by atoms with Gasteiger partial charge in [-0.2, -0.15) is 11.3 Å². The first-order valence-corrected chi connectivity index (χ1v) is 16.9. The number of aliphatic hydroxyl groups excluding tert-OH is 1. The van der Waals surface area contributed by atoms with E-state index >= 15 is 0 Å². The molecule has 0 unspecified atom stereocenters. The molecule has 0 saturated heterocycles. The summed E-state index contributed by atoms with van der Waals surface area (Å²) in [5, 5.41) is 15.8. The summed E-state index contributed by atoms with van der Waals surface area (Å²) in [5.41, 5.74) is 4.58. The van der Waals surface area contributed by atoms with E-state index in [9.17, 15) is 9.90 Å². The second-order valence-corrected chi connectivity index (χ2v) is 12.6. The van der Waals surface area contributed by atoms with Gasteiger partial charge >= 0.3 is 0 Å². The monoisotopic (exact) mass is 804 g/mol. The number of hydrogen-bond donors (Lipinski definition) is 1. The number of hydrogen-bond acceptors (Lipinski definition) is 4. The van der Waals surface area contributed by atoms with E-state index < -0.39 is 0 Å². The average Bonchev–Trinajstić information content (AvgIpc) is 3.34. The normalized spacial score (nSPS) is 11.9. The molecule has 0 aliphatic rings. The Morgan fingerprint density at radius 3 is 2.24 bits per heavy atom. The van der Waals surface area contributed by atoms with Gasteiger partial charge in [-0.1, -0.05) is 87.0 Å². The molecule has 0 aliphatic carbocycles. The van der Waals surface area contributed by atoms with E-state index in [1.54, 1.807) is 0 Å². The third-order valence-electron chi connectivity index (χ3n) is 9.01. The van der Waals surface area contributed by atoms with Crippen LogP contribution in [0.5, 0.6) is 0 Å². The fourth-order valence-electron chi connectivity index (χ4n) is 6.45. The van der Waals surface area contributed by atoms with E-state index in [0.29, 0.717) is 0 Å². The van der Waals surface area contributed by atoms with Crippen LogP contribution >= 0.6 is 11.3 Å². The van der Waals surface area contributed by atoms with Crippen molar-refractivity contribution in [2.24, 2.45) is 11.8 Å². The van der Waals surface area contributed by atoms with E-state index in [0.717, 1.165) is 36.6 Å². The predicted octanol–water partition coefficient (Wildman–Crippen LogP) is 11.4. The Bertz CT molecular complexity index is 2150. The molecule has 0 amide bonds. The van der Waals surface area contributed by atoms with Gasteiger partial charge in [0.05, 0.1) is 11.3 Å². The maximum absolute atomic E-state index is 11.7. The number of carbonyl (C=O) groups excluding carboxylic acids is 1. The van der Waals surface area contributed by atoms with Crippen LogP contribution in [0.2, 0.25) is 0 Å². The second-order valence-electron chi connectivity index (χ2n) is 11.6. The molecule has 46 heavy (non-hydrogen) atoms. The minimum Gasteiger partial charge on any atom is -0.512 e. The van der Waals surface area contributed by atoms with E-state index in [2.05, 4.69) is 95.6 Å². The van der Waals surface area contributed by atoms with Gasteiger partial charge in [0.2, 0.25) is 0 Å². The van der Waals surface area contributed by atoms with Gasteiger partial charge in [-0.15, -0.1) is 17.5 Å². The van der Waals surface area contributed by atoms with Crippen molar-refractivity contribution in [2.75, 3.05) is 0 Å². The number of aliphatic hydroxyl groups is 1. The summed E-state index contributed by atoms with van der Waals surface area (Å²) in [4.78, 5) is 16.6. The van der Waals surface area contributed by atoms with Crippen LogP contribution in [-0.2, 0) is 24.9 Å². The van der Waals surface area contributed by atoms with Crippen LogP contribution < -0.4 is 0 Å². The Kier molecular flexibility index (Phi) is 10.7. The molecule has 1 N–H and O–H groups in total. The molecule has 4 nitrogen and oxygen atoms in total. The summed E-state index contributed by atoms with van der Waals surface area (Å²) in [6.07, 6.45) is 6.84. The van der Waals surface area contributed by atoms with Gasteiger partial charge < -0.3 is 14.7 Å². The largest absolute Gasteiger partial charge is 0.512 e. The van der Waals surface area contributed by atoms with Crippen molar-refractivity contribution in [3.63, 3.8) is 0 Å². The van der Waals surface area contributed by atoms with Gasteiger partial charge in [-0.3, -0.25) is 4.79 Å². The SMILES string of the molecule is CCC(CC)C(=O)/C=C(\O)C(CC)CC.[Ir].[c-]1cc2ccccc2c2sc3cccc4c3c3c(nccc3n4-c3ccccc3)c12. The summed E-state index contributed by atoms with van der Waals surface area (Å²) in [5.74, 6) is 0.547. The van der Waals surface area contributed by atoms with Crippen molar-refractivity contribution >= 4 is 70.0 Å². The van der Waals surface area contributed by atoms with Crippen LogP contribution in [0.15, 0.2) is 103 Å². The number of carbonyl (C=O) groups is 1. The molecule has 3 heterocycles. The van der Waals surface area contributed by atoms with Crippen molar-refractivity contribution in [1.29, 1.82) is 0 Å². The molecule has 237 valence electrons. The molecule has 7 aromatic rings.